The van der Waals surface area contributed by atoms with E-state index in [0.717, 1.165) is 19.3 Å². The van der Waals surface area contributed by atoms with Crippen molar-refractivity contribution in [3.63, 3.8) is 0 Å². The molecule has 10 heteroatoms. The second kappa shape index (κ2) is 12.7. The van der Waals surface area contributed by atoms with E-state index in [-0.39, 0.29) is 42.9 Å². The van der Waals surface area contributed by atoms with Crippen LogP contribution < -0.4 is 14.8 Å². The van der Waals surface area contributed by atoms with Gasteiger partial charge in [-0.1, -0.05) is 18.6 Å². The summed E-state index contributed by atoms with van der Waals surface area (Å²) in [6.45, 7) is -0.0500. The number of hydrogen-bond acceptors (Lipinski definition) is 7. The number of carbonyl (C=O) groups is 3. The molecule has 234 valence electrons. The van der Waals surface area contributed by atoms with Gasteiger partial charge >= 0.3 is 0 Å². The number of aliphatic hydroxyl groups excluding tert-OH is 2. The number of benzene rings is 2. The Balaban J connectivity index is 1.37. The van der Waals surface area contributed by atoms with Gasteiger partial charge in [-0.3, -0.25) is 14.4 Å². The maximum absolute atomic E-state index is 14.1. The van der Waals surface area contributed by atoms with Crippen LogP contribution in [-0.2, 0) is 16.0 Å². The maximum atomic E-state index is 14.1. The number of aliphatic hydroxyl groups is 2. The highest BCUT2D eigenvalue weighted by Crippen LogP contribution is 2.52. The molecule has 2 amide bonds. The zero-order valence-electron chi connectivity index (χ0n) is 24.8. The minimum absolute atomic E-state index is 0.0125. The van der Waals surface area contributed by atoms with Crippen LogP contribution in [0.2, 0.25) is 0 Å². The number of amides is 2. The number of nitrogens with zero attached hydrogens (tertiary/aromatic N) is 1. The number of methoxy groups -OCH3 is 1. The zero-order chi connectivity index (χ0) is 31.0. The molecule has 2 saturated carbocycles. The molecule has 3 aliphatic carbocycles. The lowest BCUT2D eigenvalue weighted by Gasteiger charge is -2.41. The fourth-order valence-corrected chi connectivity index (χ4v) is 7.91. The first-order chi connectivity index (χ1) is 21.3. The first-order valence-corrected chi connectivity index (χ1v) is 15.5. The van der Waals surface area contributed by atoms with E-state index in [1.807, 2.05) is 0 Å². The van der Waals surface area contributed by atoms with Gasteiger partial charge in [0.2, 0.25) is 11.8 Å². The molecule has 44 heavy (non-hydrogen) atoms. The molecular weight excluding hydrogens is 567 g/mol. The number of ether oxygens (including phenoxy) is 2. The van der Waals surface area contributed by atoms with Crippen LogP contribution in [0.15, 0.2) is 48.0 Å². The molecule has 9 nitrogen and oxygen atoms in total. The van der Waals surface area contributed by atoms with Crippen molar-refractivity contribution in [2.75, 3.05) is 26.8 Å². The third-order valence-corrected chi connectivity index (χ3v) is 9.94. The van der Waals surface area contributed by atoms with Gasteiger partial charge < -0.3 is 29.9 Å². The molecule has 2 fully saturated rings. The lowest BCUT2D eigenvalue weighted by atomic mass is 9.77. The van der Waals surface area contributed by atoms with E-state index in [2.05, 4.69) is 5.32 Å². The molecule has 1 aliphatic heterocycles. The average molecular weight is 607 g/mol. The molecule has 3 N–H and O–H groups in total. The summed E-state index contributed by atoms with van der Waals surface area (Å²) in [5.74, 6) is 0.394. The number of halogens is 1. The molecular formula is C34H39FN2O7. The largest absolute Gasteiger partial charge is 0.493 e. The fraction of sp³-hybridized carbons (Fsp3) is 0.500. The SMILES string of the molecule is COc1cc(C=O)cc2c1O[C@@H]1[C@@H](O)[C@H](N(CCc3cccc(F)c3)C(=O)CC3CC4CCC3C4)C=C(C(=O)NCCO)[C@H]21. The van der Waals surface area contributed by atoms with Gasteiger partial charge in [-0.2, -0.15) is 0 Å². The third kappa shape index (κ3) is 5.73. The molecule has 1 heterocycles. The molecule has 0 aromatic heterocycles. The van der Waals surface area contributed by atoms with Crippen LogP contribution in [0.25, 0.3) is 0 Å². The number of rotatable bonds is 11. The lowest BCUT2D eigenvalue weighted by Crippen LogP contribution is -2.56. The highest BCUT2D eigenvalue weighted by atomic mass is 19.1. The van der Waals surface area contributed by atoms with Gasteiger partial charge in [0.05, 0.1) is 25.7 Å². The predicted octanol–water partition coefficient (Wildman–Crippen LogP) is 3.17. The normalized spacial score (nSPS) is 28.0. The van der Waals surface area contributed by atoms with Gasteiger partial charge in [-0.15, -0.1) is 0 Å². The Bertz CT molecular complexity index is 1460. The van der Waals surface area contributed by atoms with Gasteiger partial charge in [0.1, 0.15) is 24.3 Å². The van der Waals surface area contributed by atoms with E-state index in [9.17, 15) is 29.0 Å². The summed E-state index contributed by atoms with van der Waals surface area (Å²) >= 11 is 0. The van der Waals surface area contributed by atoms with Crippen LogP contribution in [0.4, 0.5) is 4.39 Å². The van der Waals surface area contributed by atoms with E-state index in [0.29, 0.717) is 59.2 Å². The number of hydrogen-bond donors (Lipinski definition) is 3. The molecule has 2 aromatic rings. The van der Waals surface area contributed by atoms with E-state index in [1.165, 1.54) is 31.7 Å². The summed E-state index contributed by atoms with van der Waals surface area (Å²) in [6.07, 6.45) is 5.36. The Morgan fingerprint density at radius 2 is 2.05 bits per heavy atom. The van der Waals surface area contributed by atoms with Gasteiger partial charge in [-0.25, -0.2) is 4.39 Å². The van der Waals surface area contributed by atoms with E-state index in [1.54, 1.807) is 29.2 Å². The Kier molecular flexibility index (Phi) is 8.73. The zero-order valence-corrected chi connectivity index (χ0v) is 24.8. The Morgan fingerprint density at radius 3 is 2.73 bits per heavy atom. The van der Waals surface area contributed by atoms with Crippen LogP contribution in [0.3, 0.4) is 0 Å². The molecule has 2 aromatic carbocycles. The summed E-state index contributed by atoms with van der Waals surface area (Å²) in [7, 11) is 1.45. The highest BCUT2D eigenvalue weighted by molar-refractivity contribution is 5.96. The summed E-state index contributed by atoms with van der Waals surface area (Å²) < 4.78 is 25.8. The summed E-state index contributed by atoms with van der Waals surface area (Å²) in [6, 6.07) is 8.47. The second-order valence-corrected chi connectivity index (χ2v) is 12.5. The van der Waals surface area contributed by atoms with Crippen LogP contribution in [-0.4, -0.2) is 78.3 Å². The van der Waals surface area contributed by atoms with Crippen molar-refractivity contribution < 1.29 is 38.5 Å². The third-order valence-electron chi connectivity index (χ3n) is 9.94. The first kappa shape index (κ1) is 30.3. The van der Waals surface area contributed by atoms with Crippen LogP contribution in [0.5, 0.6) is 11.5 Å². The highest BCUT2D eigenvalue weighted by Gasteiger charge is 2.52. The van der Waals surface area contributed by atoms with E-state index in [4.69, 9.17) is 9.47 Å². The monoisotopic (exact) mass is 606 g/mol. The van der Waals surface area contributed by atoms with Crippen molar-refractivity contribution in [2.45, 2.75) is 62.7 Å². The smallest absolute Gasteiger partial charge is 0.247 e. The molecule has 3 unspecified atom stereocenters. The first-order valence-electron chi connectivity index (χ1n) is 15.5. The molecule has 7 atom stereocenters. The van der Waals surface area contributed by atoms with Crippen molar-refractivity contribution in [1.82, 2.24) is 10.2 Å². The van der Waals surface area contributed by atoms with E-state index >= 15 is 0 Å². The lowest BCUT2D eigenvalue weighted by molar-refractivity contribution is -0.138. The molecule has 2 bridgehead atoms. The number of fused-ring (bicyclic) bond motifs is 5. The van der Waals surface area contributed by atoms with Crippen LogP contribution in [0.1, 0.15) is 59.5 Å². The molecule has 4 aliphatic rings. The number of carbonyl (C=O) groups excluding carboxylic acids is 3. The van der Waals surface area contributed by atoms with Gasteiger partial charge in [0, 0.05) is 36.2 Å². The van der Waals surface area contributed by atoms with Gasteiger partial charge in [0.15, 0.2) is 11.5 Å². The molecule has 0 saturated heterocycles. The molecule has 0 spiro atoms. The summed E-state index contributed by atoms with van der Waals surface area (Å²) in [4.78, 5) is 41.1. The van der Waals surface area contributed by atoms with Crippen molar-refractivity contribution in [3.05, 3.63) is 70.6 Å². The minimum atomic E-state index is -1.22. The van der Waals surface area contributed by atoms with Crippen molar-refractivity contribution in [3.8, 4) is 11.5 Å². The quantitative estimate of drug-likeness (QED) is 0.336. The van der Waals surface area contributed by atoms with Gasteiger partial charge in [-0.05, 0) is 79.3 Å². The second-order valence-electron chi connectivity index (χ2n) is 12.5. The van der Waals surface area contributed by atoms with E-state index < -0.39 is 30.1 Å². The van der Waals surface area contributed by atoms with Crippen molar-refractivity contribution in [2.24, 2.45) is 17.8 Å². The fourth-order valence-electron chi connectivity index (χ4n) is 7.91. The Morgan fingerprint density at radius 1 is 1.20 bits per heavy atom. The van der Waals surface area contributed by atoms with Crippen LogP contribution in [0, 0.1) is 23.6 Å². The Labute approximate surface area is 256 Å². The standard InChI is InChI=1S/C34H39FN2O7/c1-43-28-15-21(18-39)14-25-30-26(34(42)36-8-10-38)17-27(31(41)33(30)44-32(25)28)37(9-7-19-3-2-4-24(35)13-19)29(40)16-23-12-20-5-6-22(23)11-20/h2-4,13-15,17-18,20,22-23,27,30-31,33,38,41H,5-12,16H2,1H3,(H,36,42)/t20?,22?,23?,27-,30+,31+,33+/m1/s1. The Hall–Kier alpha value is -3.76. The van der Waals surface area contributed by atoms with Gasteiger partial charge in [0.25, 0.3) is 0 Å². The van der Waals surface area contributed by atoms with Crippen molar-refractivity contribution >= 4 is 18.1 Å². The minimum Gasteiger partial charge on any atom is -0.493 e. The average Bonchev–Trinajstić information content (AvgIpc) is 3.75. The summed E-state index contributed by atoms with van der Waals surface area (Å²) in [5.41, 5.74) is 1.84. The molecule has 6 rings (SSSR count). The van der Waals surface area contributed by atoms with Crippen LogP contribution >= 0.6 is 0 Å². The number of nitrogens with one attached hydrogen (secondary N) is 1. The maximum Gasteiger partial charge on any atom is 0.247 e. The van der Waals surface area contributed by atoms with Crippen molar-refractivity contribution in [1.29, 1.82) is 0 Å². The topological polar surface area (TPSA) is 125 Å². The predicted molar refractivity (Wildman–Crippen MR) is 159 cm³/mol. The molecule has 0 radical (unpaired) electrons. The number of aldehydes is 1. The summed E-state index contributed by atoms with van der Waals surface area (Å²) in [5, 5.41) is 24.0.